The Labute approximate surface area is 192 Å². The molecule has 1 aromatic heterocycles. The minimum Gasteiger partial charge on any atom is -0.493 e. The molecule has 0 amide bonds. The summed E-state index contributed by atoms with van der Waals surface area (Å²) in [5.74, 6) is 7.20. The summed E-state index contributed by atoms with van der Waals surface area (Å²) < 4.78 is 11.0. The van der Waals surface area contributed by atoms with E-state index in [0.717, 1.165) is 37.2 Å². The van der Waals surface area contributed by atoms with E-state index in [1.54, 1.807) is 19.3 Å². The molecule has 0 unspecified atom stereocenters. The highest BCUT2D eigenvalue weighted by Crippen LogP contribution is 2.40. The molecule has 1 aliphatic heterocycles. The molecule has 2 aromatic rings. The first-order chi connectivity index (χ1) is 15.4. The van der Waals surface area contributed by atoms with Crippen molar-refractivity contribution in [1.82, 2.24) is 9.97 Å². The first-order valence-electron chi connectivity index (χ1n) is 11.7. The van der Waals surface area contributed by atoms with Gasteiger partial charge in [0.05, 0.1) is 37.7 Å². The minimum absolute atomic E-state index is 0.0688. The highest BCUT2D eigenvalue weighted by atomic mass is 16.5. The zero-order valence-corrected chi connectivity index (χ0v) is 19.8. The van der Waals surface area contributed by atoms with Crippen molar-refractivity contribution in [1.29, 1.82) is 0 Å². The van der Waals surface area contributed by atoms with Gasteiger partial charge in [-0.2, -0.15) is 0 Å². The Balaban J connectivity index is 1.84. The molecule has 0 N–H and O–H groups in total. The van der Waals surface area contributed by atoms with Crippen LogP contribution < -0.4 is 4.74 Å². The van der Waals surface area contributed by atoms with Crippen LogP contribution in [-0.4, -0.2) is 29.2 Å². The molecule has 5 nitrogen and oxygen atoms in total. The van der Waals surface area contributed by atoms with Crippen molar-refractivity contribution in [3.05, 3.63) is 52.6 Å². The van der Waals surface area contributed by atoms with Gasteiger partial charge >= 0.3 is 5.97 Å². The first kappa shape index (κ1) is 23.8. The number of nitrogens with zero attached hydrogens (tertiary/aromatic N) is 2. The van der Waals surface area contributed by atoms with Gasteiger partial charge in [-0.05, 0) is 55.2 Å². The van der Waals surface area contributed by atoms with Crippen molar-refractivity contribution in [2.24, 2.45) is 0 Å². The van der Waals surface area contributed by atoms with Crippen LogP contribution in [-0.2, 0) is 27.8 Å². The third-order valence-corrected chi connectivity index (χ3v) is 5.88. The van der Waals surface area contributed by atoms with Crippen LogP contribution in [0.4, 0.5) is 0 Å². The molecule has 0 aliphatic carbocycles. The predicted molar refractivity (Wildman–Crippen MR) is 126 cm³/mol. The maximum atomic E-state index is 11.6. The van der Waals surface area contributed by atoms with Gasteiger partial charge in [-0.15, -0.1) is 0 Å². The van der Waals surface area contributed by atoms with E-state index in [1.807, 2.05) is 0 Å². The van der Waals surface area contributed by atoms with Crippen LogP contribution in [0, 0.1) is 11.8 Å². The smallest absolute Gasteiger partial charge is 0.311 e. The molecule has 1 aromatic carbocycles. The second-order valence-corrected chi connectivity index (χ2v) is 8.92. The molecule has 5 heteroatoms. The summed E-state index contributed by atoms with van der Waals surface area (Å²) in [6, 6.07) is 4.40. The Hall–Kier alpha value is -2.87. The number of ether oxygens (including phenoxy) is 2. The summed E-state index contributed by atoms with van der Waals surface area (Å²) in [5, 5.41) is 0. The van der Waals surface area contributed by atoms with Gasteiger partial charge < -0.3 is 9.47 Å². The maximum Gasteiger partial charge on any atom is 0.311 e. The average molecular weight is 435 g/mol. The van der Waals surface area contributed by atoms with E-state index in [0.29, 0.717) is 18.0 Å². The fourth-order valence-corrected chi connectivity index (χ4v) is 3.89. The zero-order valence-electron chi connectivity index (χ0n) is 19.8. The van der Waals surface area contributed by atoms with Crippen LogP contribution in [0.25, 0.3) is 0 Å². The Bertz CT molecular complexity index is 984. The molecular weight excluding hydrogens is 400 g/mol. The van der Waals surface area contributed by atoms with E-state index in [1.165, 1.54) is 30.4 Å². The number of rotatable bonds is 8. The van der Waals surface area contributed by atoms with Gasteiger partial charge in [-0.1, -0.05) is 46.0 Å². The third-order valence-electron chi connectivity index (χ3n) is 5.88. The van der Waals surface area contributed by atoms with Crippen LogP contribution in [0.1, 0.15) is 87.9 Å². The van der Waals surface area contributed by atoms with Gasteiger partial charge in [0.25, 0.3) is 0 Å². The quantitative estimate of drug-likeness (QED) is 0.326. The molecule has 3 rings (SSSR count). The molecule has 2 heterocycles. The fraction of sp³-hybridized carbons (Fsp3) is 0.519. The summed E-state index contributed by atoms with van der Waals surface area (Å²) in [5.41, 5.74) is 4.73. The molecule has 0 radical (unpaired) electrons. The van der Waals surface area contributed by atoms with Crippen molar-refractivity contribution in [3.8, 4) is 17.6 Å². The van der Waals surface area contributed by atoms with Crippen LogP contribution in [0.3, 0.4) is 0 Å². The van der Waals surface area contributed by atoms with Gasteiger partial charge in [0.15, 0.2) is 0 Å². The molecule has 0 saturated carbocycles. The maximum absolute atomic E-state index is 11.6. The monoisotopic (exact) mass is 434 g/mol. The van der Waals surface area contributed by atoms with E-state index in [2.05, 4.69) is 54.7 Å². The summed E-state index contributed by atoms with van der Waals surface area (Å²) in [6.45, 7) is 9.66. The van der Waals surface area contributed by atoms with E-state index >= 15 is 0 Å². The lowest BCUT2D eigenvalue weighted by Crippen LogP contribution is -2.27. The lowest BCUT2D eigenvalue weighted by atomic mass is 9.78. The largest absolute Gasteiger partial charge is 0.493 e. The van der Waals surface area contributed by atoms with E-state index in [-0.39, 0.29) is 17.8 Å². The second kappa shape index (κ2) is 11.1. The van der Waals surface area contributed by atoms with Crippen molar-refractivity contribution >= 4 is 5.97 Å². The molecule has 0 atom stereocenters. The summed E-state index contributed by atoms with van der Waals surface area (Å²) >= 11 is 0. The number of fused-ring (bicyclic) bond motifs is 1. The summed E-state index contributed by atoms with van der Waals surface area (Å²) in [6.07, 6.45) is 10.2. The van der Waals surface area contributed by atoms with Crippen molar-refractivity contribution in [3.63, 3.8) is 0 Å². The van der Waals surface area contributed by atoms with Crippen LogP contribution in [0.5, 0.6) is 5.75 Å². The van der Waals surface area contributed by atoms with Crippen molar-refractivity contribution in [2.45, 2.75) is 78.1 Å². The number of hydrogen-bond acceptors (Lipinski definition) is 5. The van der Waals surface area contributed by atoms with Gasteiger partial charge in [0.2, 0.25) is 0 Å². The number of hydrogen-bond donors (Lipinski definition) is 0. The number of unbranched alkanes of at least 4 members (excludes halogenated alkanes) is 3. The van der Waals surface area contributed by atoms with E-state index in [9.17, 15) is 4.79 Å². The van der Waals surface area contributed by atoms with E-state index in [4.69, 9.17) is 9.47 Å². The highest BCUT2D eigenvalue weighted by Gasteiger charge is 2.29. The number of carbonyl (C=O) groups is 1. The molecular formula is C27H34N2O3. The molecule has 1 aliphatic rings. The summed E-state index contributed by atoms with van der Waals surface area (Å²) in [4.78, 5) is 20.3. The first-order valence-corrected chi connectivity index (χ1v) is 11.7. The number of esters is 1. The highest BCUT2D eigenvalue weighted by molar-refractivity contribution is 5.71. The molecule has 0 saturated heterocycles. The van der Waals surface area contributed by atoms with Crippen LogP contribution in [0.15, 0.2) is 24.5 Å². The minimum atomic E-state index is -0.299. The van der Waals surface area contributed by atoms with Crippen molar-refractivity contribution < 1.29 is 14.3 Å². The van der Waals surface area contributed by atoms with Gasteiger partial charge in [0.1, 0.15) is 11.4 Å². The Kier molecular flexibility index (Phi) is 8.27. The topological polar surface area (TPSA) is 61.3 Å². The fourth-order valence-electron chi connectivity index (χ4n) is 3.89. The number of carbonyl (C=O) groups excluding carboxylic acids is 1. The van der Waals surface area contributed by atoms with Crippen LogP contribution in [0.2, 0.25) is 0 Å². The second-order valence-electron chi connectivity index (χ2n) is 8.92. The number of aryl methyl sites for hydroxylation is 1. The SMILES string of the molecule is CCCCCCc1cc2c(cc1C#Cc1cnc(CC(=O)OCC)cn1)C(C)(C)CCO2. The normalized spacial score (nSPS) is 14.0. The summed E-state index contributed by atoms with van der Waals surface area (Å²) in [7, 11) is 0. The lowest BCUT2D eigenvalue weighted by Gasteiger charge is -2.33. The standard InChI is InChI=1S/C27H34N2O3/c1-5-7-8-9-10-20-16-25-24(27(3,4)13-14-32-25)15-21(20)11-12-22-18-29-23(19-28-22)17-26(30)31-6-2/h15-16,18-19H,5-10,13-14,17H2,1-4H3. The number of aromatic nitrogens is 2. The Morgan fingerprint density at radius 2 is 1.97 bits per heavy atom. The van der Waals surface area contributed by atoms with E-state index < -0.39 is 0 Å². The Morgan fingerprint density at radius 3 is 2.69 bits per heavy atom. The third kappa shape index (κ3) is 6.32. The molecule has 0 spiro atoms. The number of benzene rings is 1. The molecule has 170 valence electrons. The lowest BCUT2D eigenvalue weighted by molar-refractivity contribution is -0.142. The molecule has 0 bridgehead atoms. The predicted octanol–water partition coefficient (Wildman–Crippen LogP) is 5.16. The van der Waals surface area contributed by atoms with Crippen LogP contribution >= 0.6 is 0 Å². The average Bonchev–Trinajstić information content (AvgIpc) is 2.76. The molecule has 32 heavy (non-hydrogen) atoms. The zero-order chi connectivity index (χ0) is 23.0. The molecule has 0 fully saturated rings. The van der Waals surface area contributed by atoms with Gasteiger partial charge in [0, 0.05) is 11.1 Å². The van der Waals surface area contributed by atoms with Gasteiger partial charge in [-0.25, -0.2) is 4.98 Å². The Morgan fingerprint density at radius 1 is 1.12 bits per heavy atom. The van der Waals surface area contributed by atoms with Gasteiger partial charge in [-0.3, -0.25) is 9.78 Å². The van der Waals surface area contributed by atoms with Crippen molar-refractivity contribution in [2.75, 3.05) is 13.2 Å².